The lowest BCUT2D eigenvalue weighted by Crippen LogP contribution is -2.30. The molecule has 0 fully saturated rings. The smallest absolute Gasteiger partial charge is 0.404 e. The molecule has 0 spiro atoms. The molecule has 0 unspecified atom stereocenters. The van der Waals surface area contributed by atoms with E-state index in [1.165, 1.54) is 29.0 Å². The van der Waals surface area contributed by atoms with Gasteiger partial charge in [-0.05, 0) is 36.6 Å². The van der Waals surface area contributed by atoms with Crippen LogP contribution in [-0.4, -0.2) is 23.4 Å². The molecule has 1 aromatic heterocycles. The molecular formula is C21H19F3N2O3. The van der Waals surface area contributed by atoms with Gasteiger partial charge in [0.15, 0.2) is 11.2 Å². The molecule has 29 heavy (non-hydrogen) atoms. The van der Waals surface area contributed by atoms with E-state index in [0.717, 1.165) is 17.2 Å². The Kier molecular flexibility index (Phi) is 5.91. The highest BCUT2D eigenvalue weighted by atomic mass is 19.4. The predicted molar refractivity (Wildman–Crippen MR) is 103 cm³/mol. The van der Waals surface area contributed by atoms with Crippen molar-refractivity contribution in [2.75, 3.05) is 6.54 Å². The van der Waals surface area contributed by atoms with E-state index in [0.29, 0.717) is 13.0 Å². The third-order valence-electron chi connectivity index (χ3n) is 4.47. The summed E-state index contributed by atoms with van der Waals surface area (Å²) in [5.74, 6) is -0.911. The lowest BCUT2D eigenvalue weighted by molar-refractivity contribution is -0.274. The fourth-order valence-corrected chi connectivity index (χ4v) is 3.12. The monoisotopic (exact) mass is 404 g/mol. The SMILES string of the molecule is Cc1ccccc1CCNC(=O)Cn1ccc(=O)c2cccc(OC(F)(F)F)c21. The maximum Gasteiger partial charge on any atom is 0.573 e. The van der Waals surface area contributed by atoms with Crippen LogP contribution >= 0.6 is 0 Å². The van der Waals surface area contributed by atoms with Crippen LogP contribution in [0.1, 0.15) is 11.1 Å². The predicted octanol–water partition coefficient (Wildman–Crippen LogP) is 3.57. The van der Waals surface area contributed by atoms with Crippen molar-refractivity contribution in [1.29, 1.82) is 0 Å². The quantitative estimate of drug-likeness (QED) is 0.683. The average molecular weight is 404 g/mol. The number of aromatic nitrogens is 1. The summed E-state index contributed by atoms with van der Waals surface area (Å²) >= 11 is 0. The third-order valence-corrected chi connectivity index (χ3v) is 4.47. The molecule has 0 radical (unpaired) electrons. The first-order valence-corrected chi connectivity index (χ1v) is 8.94. The molecular weight excluding hydrogens is 385 g/mol. The minimum Gasteiger partial charge on any atom is -0.404 e. The molecule has 3 rings (SSSR count). The number of nitrogens with zero attached hydrogens (tertiary/aromatic N) is 1. The molecule has 0 aliphatic heterocycles. The lowest BCUT2D eigenvalue weighted by atomic mass is 10.1. The zero-order valence-electron chi connectivity index (χ0n) is 15.6. The van der Waals surface area contributed by atoms with Gasteiger partial charge in [0.25, 0.3) is 0 Å². The van der Waals surface area contributed by atoms with Crippen LogP contribution in [0.4, 0.5) is 13.2 Å². The fourth-order valence-electron chi connectivity index (χ4n) is 3.12. The summed E-state index contributed by atoms with van der Waals surface area (Å²) in [4.78, 5) is 24.4. The van der Waals surface area contributed by atoms with Crippen molar-refractivity contribution < 1.29 is 22.7 Å². The van der Waals surface area contributed by atoms with E-state index in [2.05, 4.69) is 10.1 Å². The van der Waals surface area contributed by atoms with Gasteiger partial charge in [0.1, 0.15) is 6.54 Å². The first kappa shape index (κ1) is 20.4. The highest BCUT2D eigenvalue weighted by Crippen LogP contribution is 2.29. The minimum absolute atomic E-state index is 0.0435. The van der Waals surface area contributed by atoms with Gasteiger partial charge in [-0.3, -0.25) is 9.59 Å². The van der Waals surface area contributed by atoms with Gasteiger partial charge in [-0.2, -0.15) is 0 Å². The normalized spacial score (nSPS) is 11.4. The summed E-state index contributed by atoms with van der Waals surface area (Å²) in [5.41, 5.74) is 1.68. The van der Waals surface area contributed by atoms with Gasteiger partial charge in [0.05, 0.1) is 5.52 Å². The number of halogens is 3. The number of pyridine rings is 1. The summed E-state index contributed by atoms with van der Waals surface area (Å²) in [6.45, 7) is 2.11. The molecule has 3 aromatic rings. The Balaban J connectivity index is 1.78. The van der Waals surface area contributed by atoms with Gasteiger partial charge in [-0.25, -0.2) is 0 Å². The van der Waals surface area contributed by atoms with Crippen LogP contribution < -0.4 is 15.5 Å². The number of alkyl halides is 3. The van der Waals surface area contributed by atoms with E-state index in [-0.39, 0.29) is 23.4 Å². The fraction of sp³-hybridized carbons (Fsp3) is 0.238. The standard InChI is InChI=1S/C21H19F3N2O3/c1-14-5-2-3-6-15(14)9-11-25-19(28)13-26-12-10-17(27)16-7-4-8-18(20(16)26)29-21(22,23)24/h2-8,10,12H,9,11,13H2,1H3,(H,25,28). The molecule has 0 aliphatic carbocycles. The first-order chi connectivity index (χ1) is 13.7. The largest absolute Gasteiger partial charge is 0.573 e. The maximum atomic E-state index is 12.7. The number of amides is 1. The number of nitrogens with one attached hydrogen (secondary N) is 1. The van der Waals surface area contributed by atoms with Crippen LogP contribution in [0.15, 0.2) is 59.5 Å². The number of hydrogen-bond donors (Lipinski definition) is 1. The van der Waals surface area contributed by atoms with E-state index in [1.54, 1.807) is 0 Å². The van der Waals surface area contributed by atoms with Gasteiger partial charge in [0.2, 0.25) is 5.91 Å². The Morgan fingerprint density at radius 1 is 1.10 bits per heavy atom. The molecule has 1 N–H and O–H groups in total. The Hall–Kier alpha value is -3.29. The summed E-state index contributed by atoms with van der Waals surface area (Å²) in [6.07, 6.45) is -3.00. The van der Waals surface area contributed by atoms with Crippen molar-refractivity contribution in [2.45, 2.75) is 26.3 Å². The number of rotatable bonds is 6. The molecule has 0 saturated heterocycles. The molecule has 1 heterocycles. The number of carbonyl (C=O) groups is 1. The Morgan fingerprint density at radius 3 is 2.59 bits per heavy atom. The van der Waals surface area contributed by atoms with Crippen molar-refractivity contribution in [3.63, 3.8) is 0 Å². The van der Waals surface area contributed by atoms with Crippen LogP contribution in [0.25, 0.3) is 10.9 Å². The first-order valence-electron chi connectivity index (χ1n) is 8.94. The average Bonchev–Trinajstić information content (AvgIpc) is 2.64. The van der Waals surface area contributed by atoms with Gasteiger partial charge in [-0.1, -0.05) is 30.3 Å². The number of aryl methyl sites for hydroxylation is 1. The molecule has 0 aliphatic rings. The molecule has 0 atom stereocenters. The second kappa shape index (κ2) is 8.38. The molecule has 5 nitrogen and oxygen atoms in total. The Morgan fingerprint density at radius 2 is 1.86 bits per heavy atom. The topological polar surface area (TPSA) is 60.3 Å². The number of fused-ring (bicyclic) bond motifs is 1. The van der Waals surface area contributed by atoms with Crippen LogP contribution in [0.3, 0.4) is 0 Å². The van der Waals surface area contributed by atoms with Gasteiger partial charge in [0, 0.05) is 24.2 Å². The second-order valence-electron chi connectivity index (χ2n) is 6.53. The summed E-state index contributed by atoms with van der Waals surface area (Å²) in [5, 5.41) is 2.80. The van der Waals surface area contributed by atoms with Crippen molar-refractivity contribution in [3.05, 3.63) is 76.1 Å². The molecule has 1 amide bonds. The zero-order chi connectivity index (χ0) is 21.0. The highest BCUT2D eigenvalue weighted by molar-refractivity contribution is 5.86. The Labute approximate surface area is 164 Å². The summed E-state index contributed by atoms with van der Waals surface area (Å²) < 4.78 is 43.5. The van der Waals surface area contributed by atoms with Crippen molar-refractivity contribution >= 4 is 16.8 Å². The van der Waals surface area contributed by atoms with Crippen LogP contribution in [0.5, 0.6) is 5.75 Å². The van der Waals surface area contributed by atoms with Gasteiger partial charge < -0.3 is 14.6 Å². The van der Waals surface area contributed by atoms with E-state index in [1.807, 2.05) is 31.2 Å². The molecule has 0 bridgehead atoms. The number of ether oxygens (including phenoxy) is 1. The van der Waals surface area contributed by atoms with Crippen molar-refractivity contribution in [3.8, 4) is 5.75 Å². The van der Waals surface area contributed by atoms with Crippen LogP contribution in [0.2, 0.25) is 0 Å². The molecule has 0 saturated carbocycles. The highest BCUT2D eigenvalue weighted by Gasteiger charge is 2.32. The third kappa shape index (κ3) is 5.16. The van der Waals surface area contributed by atoms with Crippen LogP contribution in [-0.2, 0) is 17.8 Å². The number of carbonyl (C=O) groups excluding carboxylic acids is 1. The molecule has 8 heteroatoms. The summed E-state index contributed by atoms with van der Waals surface area (Å²) in [7, 11) is 0. The molecule has 2 aromatic carbocycles. The number of para-hydroxylation sites is 1. The van der Waals surface area contributed by atoms with E-state index < -0.39 is 17.5 Å². The second-order valence-corrected chi connectivity index (χ2v) is 6.53. The van der Waals surface area contributed by atoms with E-state index in [4.69, 9.17) is 0 Å². The van der Waals surface area contributed by atoms with Crippen LogP contribution in [0, 0.1) is 6.92 Å². The number of hydrogen-bond acceptors (Lipinski definition) is 3. The minimum atomic E-state index is -4.92. The van der Waals surface area contributed by atoms with Crippen molar-refractivity contribution in [2.24, 2.45) is 0 Å². The molecule has 152 valence electrons. The Bertz CT molecular complexity index is 1090. The maximum absolute atomic E-state index is 12.7. The van der Waals surface area contributed by atoms with Gasteiger partial charge >= 0.3 is 6.36 Å². The zero-order valence-corrected chi connectivity index (χ0v) is 15.6. The lowest BCUT2D eigenvalue weighted by Gasteiger charge is -2.16. The van der Waals surface area contributed by atoms with E-state index >= 15 is 0 Å². The number of benzene rings is 2. The van der Waals surface area contributed by atoms with Gasteiger partial charge in [-0.15, -0.1) is 13.2 Å². The van der Waals surface area contributed by atoms with E-state index in [9.17, 15) is 22.8 Å². The van der Waals surface area contributed by atoms with Crippen molar-refractivity contribution in [1.82, 2.24) is 9.88 Å². The summed E-state index contributed by atoms with van der Waals surface area (Å²) in [6, 6.07) is 12.8.